The molecule has 0 spiro atoms. The first-order valence-corrected chi connectivity index (χ1v) is 6.39. The number of rotatable bonds is 5. The number of hydrogen-bond donors (Lipinski definition) is 9. The van der Waals surface area contributed by atoms with Crippen molar-refractivity contribution in [3.05, 3.63) is 0 Å². The maximum Gasteiger partial charge on any atom is 0.100 e. The van der Waals surface area contributed by atoms with Gasteiger partial charge in [-0.3, -0.25) is 0 Å². The van der Waals surface area contributed by atoms with Crippen molar-refractivity contribution in [2.24, 2.45) is 0 Å². The van der Waals surface area contributed by atoms with E-state index in [1.807, 2.05) is 0 Å². The molecule has 0 rings (SSSR count). The van der Waals surface area contributed by atoms with Crippen molar-refractivity contribution in [2.45, 2.75) is 45.2 Å². The molecule has 0 heterocycles. The van der Waals surface area contributed by atoms with Crippen LogP contribution in [-0.4, -0.2) is 103 Å². The molecule has 0 amide bonds. The molecule has 9 N–H and O–H groups in total. The molecule has 0 aromatic heterocycles. The van der Waals surface area contributed by atoms with Gasteiger partial charge >= 0.3 is 0 Å². The minimum atomic E-state index is -0.954. The molecule has 0 aromatic rings. The van der Waals surface area contributed by atoms with E-state index in [2.05, 4.69) is 0 Å². The molecular weight excluding hydrogens is 288 g/mol. The highest BCUT2D eigenvalue weighted by molar-refractivity contribution is 4.44. The first-order valence-electron chi connectivity index (χ1n) is 6.39. The van der Waals surface area contributed by atoms with E-state index in [9.17, 15) is 0 Å². The summed E-state index contributed by atoms with van der Waals surface area (Å²) >= 11 is 0. The fourth-order valence-electron chi connectivity index (χ4n) is 0.0577. The normalized spacial score (nSPS) is 13.6. The fourth-order valence-corrected chi connectivity index (χ4v) is 0.0577. The molecule has 0 fully saturated rings. The Morgan fingerprint density at radius 3 is 0.619 bits per heavy atom. The third-order valence-electron chi connectivity index (χ3n) is 1.21. The Hall–Kier alpha value is -0.360. The molecule has 0 saturated carbocycles. The molecular formula is C12H32O9. The molecule has 9 nitrogen and oxygen atoms in total. The minimum Gasteiger partial charge on any atom is -0.394 e. The van der Waals surface area contributed by atoms with Gasteiger partial charge in [0.05, 0.1) is 51.3 Å². The van der Waals surface area contributed by atoms with Crippen molar-refractivity contribution in [1.29, 1.82) is 0 Å². The predicted molar refractivity (Wildman–Crippen MR) is 76.5 cm³/mol. The summed E-state index contributed by atoms with van der Waals surface area (Å²) in [5.74, 6) is 0. The summed E-state index contributed by atoms with van der Waals surface area (Å²) in [6, 6.07) is 0. The highest BCUT2D eigenvalue weighted by Crippen LogP contribution is 1.72. The van der Waals surface area contributed by atoms with Crippen LogP contribution >= 0.6 is 0 Å². The topological polar surface area (TPSA) is 182 Å². The molecule has 3 atom stereocenters. The SMILES string of the molecule is CC(O)CO.CC(O)CO.CC(O)CO.OCC(O)CO. The minimum absolute atomic E-state index is 0.139. The van der Waals surface area contributed by atoms with Crippen molar-refractivity contribution < 1.29 is 46.0 Å². The van der Waals surface area contributed by atoms with E-state index in [0.29, 0.717) is 0 Å². The Morgan fingerprint density at radius 2 is 0.619 bits per heavy atom. The maximum absolute atomic E-state index is 8.17. The Labute approximate surface area is 125 Å². The maximum atomic E-state index is 8.17. The lowest BCUT2D eigenvalue weighted by Gasteiger charge is -1.96. The molecule has 0 aromatic carbocycles. The van der Waals surface area contributed by atoms with E-state index in [0.717, 1.165) is 0 Å². The van der Waals surface area contributed by atoms with Crippen LogP contribution in [0.2, 0.25) is 0 Å². The van der Waals surface area contributed by atoms with Gasteiger partial charge in [0, 0.05) is 0 Å². The monoisotopic (exact) mass is 320 g/mol. The zero-order valence-corrected chi connectivity index (χ0v) is 12.9. The van der Waals surface area contributed by atoms with E-state index < -0.39 is 24.4 Å². The van der Waals surface area contributed by atoms with Gasteiger partial charge in [0.1, 0.15) is 6.10 Å². The van der Waals surface area contributed by atoms with Crippen molar-refractivity contribution in [3.8, 4) is 0 Å². The smallest absolute Gasteiger partial charge is 0.100 e. The van der Waals surface area contributed by atoms with Gasteiger partial charge in [-0.15, -0.1) is 0 Å². The van der Waals surface area contributed by atoms with E-state index >= 15 is 0 Å². The summed E-state index contributed by atoms with van der Waals surface area (Å²) in [6.07, 6.45) is -2.63. The molecule has 0 aliphatic carbocycles. The summed E-state index contributed by atoms with van der Waals surface area (Å²) in [4.78, 5) is 0. The number of aliphatic hydroxyl groups is 9. The summed E-state index contributed by atoms with van der Waals surface area (Å²) in [7, 11) is 0. The van der Waals surface area contributed by atoms with Gasteiger partial charge < -0.3 is 46.0 Å². The van der Waals surface area contributed by atoms with Crippen LogP contribution in [0, 0.1) is 0 Å². The molecule has 0 aliphatic heterocycles. The van der Waals surface area contributed by atoms with E-state index in [-0.39, 0.29) is 33.0 Å². The lowest BCUT2D eigenvalue weighted by Crippen LogP contribution is -2.15. The average molecular weight is 320 g/mol. The van der Waals surface area contributed by atoms with Crippen molar-refractivity contribution >= 4 is 0 Å². The Kier molecular flexibility index (Phi) is 33.7. The van der Waals surface area contributed by atoms with Gasteiger partial charge in [0.25, 0.3) is 0 Å². The standard InChI is InChI=1S/C3H8O3.3C3H8O2/c4-1-3(6)2-5;3*1-3(5)2-4/h3-6H,1-2H2;3*3-5H,2H2,1H3. The Balaban J connectivity index is -0.0000000921. The number of aliphatic hydroxyl groups excluding tert-OH is 9. The lowest BCUT2D eigenvalue weighted by molar-refractivity contribution is 0.0450. The van der Waals surface area contributed by atoms with Crippen LogP contribution in [-0.2, 0) is 0 Å². The van der Waals surface area contributed by atoms with Crippen LogP contribution in [0.25, 0.3) is 0 Å². The van der Waals surface area contributed by atoms with Crippen LogP contribution in [0.4, 0.5) is 0 Å². The molecule has 0 radical (unpaired) electrons. The van der Waals surface area contributed by atoms with Gasteiger partial charge in [-0.05, 0) is 20.8 Å². The van der Waals surface area contributed by atoms with Crippen LogP contribution in [0.15, 0.2) is 0 Å². The summed E-state index contributed by atoms with van der Waals surface area (Å²) in [5.41, 5.74) is 0. The second-order valence-electron chi connectivity index (χ2n) is 4.11. The second-order valence-corrected chi connectivity index (χ2v) is 4.11. The molecule has 21 heavy (non-hydrogen) atoms. The van der Waals surface area contributed by atoms with E-state index in [1.165, 1.54) is 20.8 Å². The third-order valence-corrected chi connectivity index (χ3v) is 1.21. The predicted octanol–water partition coefficient (Wildman–Crippen LogP) is -3.59. The van der Waals surface area contributed by atoms with Gasteiger partial charge in [-0.2, -0.15) is 0 Å². The summed E-state index contributed by atoms with van der Waals surface area (Å²) < 4.78 is 0. The zero-order chi connectivity index (χ0) is 17.8. The van der Waals surface area contributed by atoms with Gasteiger partial charge in [-0.1, -0.05) is 0 Å². The first kappa shape index (κ1) is 28.8. The van der Waals surface area contributed by atoms with Crippen LogP contribution in [0.1, 0.15) is 20.8 Å². The van der Waals surface area contributed by atoms with Crippen molar-refractivity contribution in [3.63, 3.8) is 0 Å². The average Bonchev–Trinajstić information content (AvgIpc) is 2.47. The van der Waals surface area contributed by atoms with Crippen molar-refractivity contribution in [2.75, 3.05) is 33.0 Å². The third kappa shape index (κ3) is 65.8. The Bertz CT molecular complexity index is 131. The van der Waals surface area contributed by atoms with Gasteiger partial charge in [-0.25, -0.2) is 0 Å². The number of hydrogen-bond acceptors (Lipinski definition) is 9. The van der Waals surface area contributed by atoms with Crippen molar-refractivity contribution in [1.82, 2.24) is 0 Å². The van der Waals surface area contributed by atoms with E-state index in [1.54, 1.807) is 0 Å². The van der Waals surface area contributed by atoms with Crippen LogP contribution < -0.4 is 0 Å². The molecule has 9 heteroatoms. The summed E-state index contributed by atoms with van der Waals surface area (Å²) in [5, 5.41) is 72.0. The lowest BCUT2D eigenvalue weighted by atomic mass is 10.4. The second kappa shape index (κ2) is 24.6. The Morgan fingerprint density at radius 1 is 0.476 bits per heavy atom. The van der Waals surface area contributed by atoms with Crippen LogP contribution in [0.3, 0.4) is 0 Å². The molecule has 0 aliphatic rings. The van der Waals surface area contributed by atoms with Gasteiger partial charge in [0.15, 0.2) is 0 Å². The van der Waals surface area contributed by atoms with Gasteiger partial charge in [0.2, 0.25) is 0 Å². The summed E-state index contributed by atoms with van der Waals surface area (Å²) in [6.45, 7) is 3.44. The molecule has 3 unspecified atom stereocenters. The molecule has 0 saturated heterocycles. The van der Waals surface area contributed by atoms with Crippen LogP contribution in [0.5, 0.6) is 0 Å². The van der Waals surface area contributed by atoms with E-state index in [4.69, 9.17) is 46.0 Å². The highest BCUT2D eigenvalue weighted by atomic mass is 16.3. The quantitative estimate of drug-likeness (QED) is 0.247. The zero-order valence-electron chi connectivity index (χ0n) is 12.9. The highest BCUT2D eigenvalue weighted by Gasteiger charge is 1.93. The first-order chi connectivity index (χ1) is 9.62. The largest absolute Gasteiger partial charge is 0.394 e. The molecule has 134 valence electrons. The fraction of sp³-hybridized carbons (Fsp3) is 1.00. The molecule has 0 bridgehead atoms.